The zero-order valence-corrected chi connectivity index (χ0v) is 15.0. The minimum absolute atomic E-state index is 0.169. The summed E-state index contributed by atoms with van der Waals surface area (Å²) in [5.41, 5.74) is 1.33. The number of nitrogens with one attached hydrogen (secondary N) is 1. The van der Waals surface area contributed by atoms with E-state index in [1.54, 1.807) is 23.9 Å². The van der Waals surface area contributed by atoms with Crippen molar-refractivity contribution in [2.45, 2.75) is 24.3 Å². The molecule has 0 aliphatic heterocycles. The molecular formula is C17H19FINS. The molecule has 2 aromatic rings. The van der Waals surface area contributed by atoms with Crippen molar-refractivity contribution in [1.82, 2.24) is 5.32 Å². The maximum absolute atomic E-state index is 13.2. The minimum atomic E-state index is -0.169. The van der Waals surface area contributed by atoms with Gasteiger partial charge in [-0.15, -0.1) is 11.8 Å². The summed E-state index contributed by atoms with van der Waals surface area (Å²) in [6, 6.07) is 15.8. The van der Waals surface area contributed by atoms with E-state index in [-0.39, 0.29) is 5.82 Å². The third-order valence-corrected chi connectivity index (χ3v) is 5.01. The zero-order valence-electron chi connectivity index (χ0n) is 12.0. The molecule has 4 heteroatoms. The summed E-state index contributed by atoms with van der Waals surface area (Å²) in [5, 5.41) is 3.51. The first kappa shape index (κ1) is 16.8. The van der Waals surface area contributed by atoms with Crippen LogP contribution in [-0.2, 0) is 6.42 Å². The summed E-state index contributed by atoms with van der Waals surface area (Å²) >= 11 is 4.02. The van der Waals surface area contributed by atoms with Gasteiger partial charge in [0, 0.05) is 20.3 Å². The largest absolute Gasteiger partial charge is 0.313 e. The molecule has 0 heterocycles. The highest BCUT2D eigenvalue weighted by atomic mass is 127. The molecule has 0 saturated heterocycles. The molecule has 0 bridgehead atoms. The lowest BCUT2D eigenvalue weighted by Crippen LogP contribution is -2.33. The SMILES string of the molecule is CCNC(CSc1cccc(F)c1)Cc1ccc(I)cc1. The van der Waals surface area contributed by atoms with Gasteiger partial charge in [-0.25, -0.2) is 4.39 Å². The summed E-state index contributed by atoms with van der Waals surface area (Å²) < 4.78 is 14.4. The van der Waals surface area contributed by atoms with E-state index in [1.807, 2.05) is 6.07 Å². The standard InChI is InChI=1S/C17H19FINS/c1-2-20-16(10-13-6-8-15(19)9-7-13)12-21-17-5-3-4-14(18)11-17/h3-9,11,16,20H,2,10,12H2,1H3. The fraction of sp³-hybridized carbons (Fsp3) is 0.294. The Balaban J connectivity index is 1.93. The summed E-state index contributed by atoms with van der Waals surface area (Å²) in [5.74, 6) is 0.765. The van der Waals surface area contributed by atoms with Crippen molar-refractivity contribution >= 4 is 34.4 Å². The van der Waals surface area contributed by atoms with Gasteiger partial charge in [-0.2, -0.15) is 0 Å². The molecule has 1 unspecified atom stereocenters. The van der Waals surface area contributed by atoms with Crippen LogP contribution in [0.1, 0.15) is 12.5 Å². The van der Waals surface area contributed by atoms with Crippen molar-refractivity contribution < 1.29 is 4.39 Å². The summed E-state index contributed by atoms with van der Waals surface area (Å²) in [7, 11) is 0. The Kier molecular flexibility index (Phi) is 6.99. The Bertz CT molecular complexity index is 559. The minimum Gasteiger partial charge on any atom is -0.313 e. The van der Waals surface area contributed by atoms with Gasteiger partial charge in [0.05, 0.1) is 0 Å². The number of rotatable bonds is 7. The van der Waals surface area contributed by atoms with Gasteiger partial charge >= 0.3 is 0 Å². The normalized spacial score (nSPS) is 12.3. The highest BCUT2D eigenvalue weighted by Crippen LogP contribution is 2.21. The van der Waals surface area contributed by atoms with Gasteiger partial charge < -0.3 is 5.32 Å². The van der Waals surface area contributed by atoms with Crippen LogP contribution >= 0.6 is 34.4 Å². The second-order valence-electron chi connectivity index (χ2n) is 4.85. The zero-order chi connectivity index (χ0) is 15.1. The van der Waals surface area contributed by atoms with Crippen molar-refractivity contribution in [2.75, 3.05) is 12.3 Å². The lowest BCUT2D eigenvalue weighted by Gasteiger charge is -2.17. The van der Waals surface area contributed by atoms with Crippen molar-refractivity contribution in [3.63, 3.8) is 0 Å². The number of likely N-dealkylation sites (N-methyl/N-ethyl adjacent to an activating group) is 1. The van der Waals surface area contributed by atoms with E-state index in [1.165, 1.54) is 15.2 Å². The Morgan fingerprint density at radius 1 is 1.19 bits per heavy atom. The topological polar surface area (TPSA) is 12.0 Å². The summed E-state index contributed by atoms with van der Waals surface area (Å²) in [6.07, 6.45) is 0.993. The quantitative estimate of drug-likeness (QED) is 0.518. The molecule has 0 amide bonds. The van der Waals surface area contributed by atoms with E-state index in [0.717, 1.165) is 23.6 Å². The van der Waals surface area contributed by atoms with Crippen LogP contribution in [0.15, 0.2) is 53.4 Å². The lowest BCUT2D eigenvalue weighted by atomic mass is 10.1. The van der Waals surface area contributed by atoms with Crippen molar-refractivity contribution in [3.05, 3.63) is 63.5 Å². The van der Waals surface area contributed by atoms with E-state index in [2.05, 4.69) is 59.1 Å². The third-order valence-electron chi connectivity index (χ3n) is 3.14. The molecule has 1 N–H and O–H groups in total. The predicted molar refractivity (Wildman–Crippen MR) is 97.5 cm³/mol. The van der Waals surface area contributed by atoms with Crippen molar-refractivity contribution in [2.24, 2.45) is 0 Å². The van der Waals surface area contributed by atoms with Crippen LogP contribution in [0.25, 0.3) is 0 Å². The van der Waals surface area contributed by atoms with E-state index in [9.17, 15) is 4.39 Å². The van der Waals surface area contributed by atoms with Crippen LogP contribution < -0.4 is 5.32 Å². The third kappa shape index (κ3) is 5.96. The highest BCUT2D eigenvalue weighted by Gasteiger charge is 2.09. The van der Waals surface area contributed by atoms with E-state index < -0.39 is 0 Å². The Morgan fingerprint density at radius 2 is 1.95 bits per heavy atom. The van der Waals surface area contributed by atoms with Gasteiger partial charge in [-0.05, 0) is 71.5 Å². The molecule has 21 heavy (non-hydrogen) atoms. The van der Waals surface area contributed by atoms with Gasteiger partial charge in [-0.3, -0.25) is 0 Å². The van der Waals surface area contributed by atoms with Crippen molar-refractivity contribution in [1.29, 1.82) is 0 Å². The molecule has 0 spiro atoms. The number of benzene rings is 2. The molecule has 0 radical (unpaired) electrons. The van der Waals surface area contributed by atoms with E-state index >= 15 is 0 Å². The first-order valence-electron chi connectivity index (χ1n) is 7.03. The van der Waals surface area contributed by atoms with Crippen LogP contribution in [-0.4, -0.2) is 18.3 Å². The molecule has 1 atom stereocenters. The van der Waals surface area contributed by atoms with E-state index in [4.69, 9.17) is 0 Å². The van der Waals surface area contributed by atoms with Gasteiger partial charge in [0.2, 0.25) is 0 Å². The fourth-order valence-electron chi connectivity index (χ4n) is 2.14. The Morgan fingerprint density at radius 3 is 2.62 bits per heavy atom. The second kappa shape index (κ2) is 8.76. The maximum Gasteiger partial charge on any atom is 0.124 e. The lowest BCUT2D eigenvalue weighted by molar-refractivity contribution is 0.572. The number of hydrogen-bond acceptors (Lipinski definition) is 2. The molecule has 2 rings (SSSR count). The first-order valence-corrected chi connectivity index (χ1v) is 9.10. The van der Waals surface area contributed by atoms with Crippen LogP contribution in [0.3, 0.4) is 0 Å². The molecule has 0 aliphatic rings. The van der Waals surface area contributed by atoms with Gasteiger partial charge in [-0.1, -0.05) is 25.1 Å². The average molecular weight is 415 g/mol. The number of hydrogen-bond donors (Lipinski definition) is 1. The molecule has 112 valence electrons. The van der Waals surface area contributed by atoms with Crippen LogP contribution in [0.4, 0.5) is 4.39 Å². The molecule has 0 aromatic heterocycles. The molecule has 0 fully saturated rings. The summed E-state index contributed by atoms with van der Waals surface area (Å²) in [6.45, 7) is 3.06. The molecule has 1 nitrogen and oxygen atoms in total. The molecule has 2 aromatic carbocycles. The first-order chi connectivity index (χ1) is 10.2. The number of halogens is 2. The van der Waals surface area contributed by atoms with Crippen LogP contribution in [0.5, 0.6) is 0 Å². The Hall–Kier alpha value is -0.590. The Labute approximate surface area is 143 Å². The highest BCUT2D eigenvalue weighted by molar-refractivity contribution is 14.1. The smallest absolute Gasteiger partial charge is 0.124 e. The van der Waals surface area contributed by atoms with Crippen molar-refractivity contribution in [3.8, 4) is 0 Å². The monoisotopic (exact) mass is 415 g/mol. The summed E-state index contributed by atoms with van der Waals surface area (Å²) in [4.78, 5) is 0.987. The average Bonchev–Trinajstić information content (AvgIpc) is 2.47. The molecule has 0 aliphatic carbocycles. The number of thioether (sulfide) groups is 1. The fourth-order valence-corrected chi connectivity index (χ4v) is 3.50. The molecular weight excluding hydrogens is 396 g/mol. The second-order valence-corrected chi connectivity index (χ2v) is 7.19. The van der Waals surface area contributed by atoms with Crippen LogP contribution in [0, 0.1) is 9.39 Å². The van der Waals surface area contributed by atoms with E-state index in [0.29, 0.717) is 6.04 Å². The predicted octanol–water partition coefficient (Wildman–Crippen LogP) is 4.74. The van der Waals surface area contributed by atoms with Gasteiger partial charge in [0.25, 0.3) is 0 Å². The van der Waals surface area contributed by atoms with Crippen LogP contribution in [0.2, 0.25) is 0 Å². The van der Waals surface area contributed by atoms with Gasteiger partial charge in [0.15, 0.2) is 0 Å². The maximum atomic E-state index is 13.2. The molecule has 0 saturated carbocycles. The van der Waals surface area contributed by atoms with Gasteiger partial charge in [0.1, 0.15) is 5.82 Å².